The molecule has 1 unspecified atom stereocenters. The normalized spacial score (nSPS) is 19.0. The average molecular weight is 260 g/mol. The van der Waals surface area contributed by atoms with Crippen LogP contribution in [0.3, 0.4) is 0 Å². The minimum atomic E-state index is 0.538. The monoisotopic (exact) mass is 260 g/mol. The van der Waals surface area contributed by atoms with Crippen LogP contribution in [0.4, 0.5) is 0 Å². The molecule has 106 valence electrons. The predicted octanol–water partition coefficient (Wildman–Crippen LogP) is 3.32. The van der Waals surface area contributed by atoms with Gasteiger partial charge in [-0.05, 0) is 50.4 Å². The molecule has 19 heavy (non-hydrogen) atoms. The third kappa shape index (κ3) is 4.05. The summed E-state index contributed by atoms with van der Waals surface area (Å²) in [4.78, 5) is 2.57. The summed E-state index contributed by atoms with van der Waals surface area (Å²) in [5.74, 6) is 1.50. The van der Waals surface area contributed by atoms with E-state index in [0.29, 0.717) is 12.0 Å². The minimum Gasteiger partial charge on any atom is -0.317 e. The van der Waals surface area contributed by atoms with Crippen molar-refractivity contribution in [3.05, 3.63) is 35.9 Å². The Hall–Kier alpha value is -0.860. The Bertz CT molecular complexity index is 355. The Morgan fingerprint density at radius 1 is 1.16 bits per heavy atom. The maximum Gasteiger partial charge on any atom is 0.0368 e. The molecule has 0 bridgehead atoms. The van der Waals surface area contributed by atoms with Crippen LogP contribution >= 0.6 is 0 Å². The van der Waals surface area contributed by atoms with E-state index in [1.165, 1.54) is 38.0 Å². The van der Waals surface area contributed by atoms with Crippen LogP contribution < -0.4 is 5.32 Å². The Labute approximate surface area is 118 Å². The van der Waals surface area contributed by atoms with E-state index >= 15 is 0 Å². The fourth-order valence-electron chi connectivity index (χ4n) is 3.38. The lowest BCUT2D eigenvalue weighted by atomic mass is 9.92. The Morgan fingerprint density at radius 3 is 2.37 bits per heavy atom. The summed E-state index contributed by atoms with van der Waals surface area (Å²) in [6, 6.07) is 11.5. The highest BCUT2D eigenvalue weighted by molar-refractivity contribution is 5.19. The van der Waals surface area contributed by atoms with E-state index in [0.717, 1.165) is 5.92 Å². The van der Waals surface area contributed by atoms with Gasteiger partial charge in [0.25, 0.3) is 0 Å². The van der Waals surface area contributed by atoms with Gasteiger partial charge in [-0.3, -0.25) is 4.90 Å². The minimum absolute atomic E-state index is 0.538. The van der Waals surface area contributed by atoms with Gasteiger partial charge in [0, 0.05) is 12.6 Å². The smallest absolute Gasteiger partial charge is 0.0368 e. The van der Waals surface area contributed by atoms with E-state index in [-0.39, 0.29) is 0 Å². The van der Waals surface area contributed by atoms with E-state index in [2.05, 4.69) is 61.4 Å². The maximum absolute atomic E-state index is 3.45. The van der Waals surface area contributed by atoms with Crippen molar-refractivity contribution in [2.75, 3.05) is 26.7 Å². The molecule has 0 saturated carbocycles. The quantitative estimate of drug-likeness (QED) is 0.873. The molecule has 0 amide bonds. The van der Waals surface area contributed by atoms with Crippen LogP contribution in [0.5, 0.6) is 0 Å². The first-order chi connectivity index (χ1) is 9.18. The Morgan fingerprint density at radius 2 is 1.79 bits per heavy atom. The fraction of sp³-hybridized carbons (Fsp3) is 0.647. The molecule has 2 rings (SSSR count). The summed E-state index contributed by atoms with van der Waals surface area (Å²) in [6.07, 6.45) is 2.65. The Kier molecular flexibility index (Phi) is 5.41. The molecule has 1 aliphatic heterocycles. The molecule has 0 aromatic heterocycles. The van der Waals surface area contributed by atoms with E-state index in [9.17, 15) is 0 Å². The van der Waals surface area contributed by atoms with Crippen LogP contribution in [-0.4, -0.2) is 31.6 Å². The van der Waals surface area contributed by atoms with Gasteiger partial charge in [-0.15, -0.1) is 0 Å². The molecule has 1 aliphatic rings. The molecule has 1 heterocycles. The summed E-state index contributed by atoms with van der Waals surface area (Å²) < 4.78 is 0. The first-order valence-electron chi connectivity index (χ1n) is 7.64. The van der Waals surface area contributed by atoms with Gasteiger partial charge in [-0.25, -0.2) is 0 Å². The van der Waals surface area contributed by atoms with Crippen molar-refractivity contribution in [2.45, 2.75) is 32.7 Å². The molecule has 1 aromatic rings. The molecule has 2 nitrogen and oxygen atoms in total. The molecule has 0 aliphatic carbocycles. The zero-order valence-corrected chi connectivity index (χ0v) is 12.6. The van der Waals surface area contributed by atoms with E-state index in [1.807, 2.05) is 0 Å². The number of benzene rings is 1. The summed E-state index contributed by atoms with van der Waals surface area (Å²) >= 11 is 0. The van der Waals surface area contributed by atoms with Gasteiger partial charge >= 0.3 is 0 Å². The largest absolute Gasteiger partial charge is 0.317 e. The summed E-state index contributed by atoms with van der Waals surface area (Å²) in [7, 11) is 2.29. The van der Waals surface area contributed by atoms with Gasteiger partial charge in [-0.1, -0.05) is 44.2 Å². The molecule has 2 heteroatoms. The molecule has 1 fully saturated rings. The van der Waals surface area contributed by atoms with Crippen molar-refractivity contribution < 1.29 is 0 Å². The highest BCUT2D eigenvalue weighted by Gasteiger charge is 2.23. The van der Waals surface area contributed by atoms with Gasteiger partial charge in [-0.2, -0.15) is 0 Å². The first kappa shape index (κ1) is 14.5. The number of hydrogen-bond acceptors (Lipinski definition) is 2. The summed E-state index contributed by atoms with van der Waals surface area (Å²) in [5, 5.41) is 3.45. The second-order valence-corrected chi connectivity index (χ2v) is 6.23. The predicted molar refractivity (Wildman–Crippen MR) is 82.2 cm³/mol. The molecule has 1 atom stereocenters. The van der Waals surface area contributed by atoms with E-state index in [4.69, 9.17) is 0 Å². The number of piperidine rings is 1. The highest BCUT2D eigenvalue weighted by Crippen LogP contribution is 2.29. The molecular formula is C17H28N2. The third-order valence-electron chi connectivity index (χ3n) is 4.25. The SMILES string of the molecule is CC(C)C(c1ccccc1)N(C)CC1CCNCC1. The summed E-state index contributed by atoms with van der Waals surface area (Å²) in [5.41, 5.74) is 1.45. The molecule has 0 radical (unpaired) electrons. The van der Waals surface area contributed by atoms with Crippen LogP contribution in [-0.2, 0) is 0 Å². The lowest BCUT2D eigenvalue weighted by Crippen LogP contribution is -2.37. The second kappa shape index (κ2) is 7.06. The van der Waals surface area contributed by atoms with Gasteiger partial charge in [0.15, 0.2) is 0 Å². The molecule has 1 aromatic carbocycles. The van der Waals surface area contributed by atoms with Crippen LogP contribution in [0.2, 0.25) is 0 Å². The van der Waals surface area contributed by atoms with Crippen LogP contribution in [0, 0.1) is 11.8 Å². The number of nitrogens with one attached hydrogen (secondary N) is 1. The zero-order chi connectivity index (χ0) is 13.7. The van der Waals surface area contributed by atoms with Crippen LogP contribution in [0.25, 0.3) is 0 Å². The second-order valence-electron chi connectivity index (χ2n) is 6.23. The van der Waals surface area contributed by atoms with Crippen molar-refractivity contribution in [1.82, 2.24) is 10.2 Å². The van der Waals surface area contributed by atoms with Gasteiger partial charge in [0.1, 0.15) is 0 Å². The van der Waals surface area contributed by atoms with E-state index < -0.39 is 0 Å². The number of nitrogens with zero attached hydrogens (tertiary/aromatic N) is 1. The van der Waals surface area contributed by atoms with Crippen molar-refractivity contribution in [3.63, 3.8) is 0 Å². The molecule has 1 saturated heterocycles. The Balaban J connectivity index is 2.02. The fourth-order valence-corrected chi connectivity index (χ4v) is 3.38. The number of rotatable bonds is 5. The third-order valence-corrected chi connectivity index (χ3v) is 4.25. The topological polar surface area (TPSA) is 15.3 Å². The van der Waals surface area contributed by atoms with E-state index in [1.54, 1.807) is 0 Å². The van der Waals surface area contributed by atoms with Crippen molar-refractivity contribution in [3.8, 4) is 0 Å². The standard InChI is InChI=1S/C17H28N2/c1-14(2)17(16-7-5-4-6-8-16)19(3)13-15-9-11-18-12-10-15/h4-8,14-15,17-18H,9-13H2,1-3H3. The molecular weight excluding hydrogens is 232 g/mol. The highest BCUT2D eigenvalue weighted by atomic mass is 15.1. The lowest BCUT2D eigenvalue weighted by Gasteiger charge is -2.35. The van der Waals surface area contributed by atoms with Crippen molar-refractivity contribution in [1.29, 1.82) is 0 Å². The van der Waals surface area contributed by atoms with Gasteiger partial charge < -0.3 is 5.32 Å². The van der Waals surface area contributed by atoms with Gasteiger partial charge in [0.05, 0.1) is 0 Å². The van der Waals surface area contributed by atoms with Crippen LogP contribution in [0.1, 0.15) is 38.3 Å². The van der Waals surface area contributed by atoms with Crippen molar-refractivity contribution >= 4 is 0 Å². The average Bonchev–Trinajstić information content (AvgIpc) is 2.40. The zero-order valence-electron chi connectivity index (χ0n) is 12.6. The molecule has 0 spiro atoms. The number of hydrogen-bond donors (Lipinski definition) is 1. The van der Waals surface area contributed by atoms with Crippen LogP contribution in [0.15, 0.2) is 30.3 Å². The summed E-state index contributed by atoms with van der Waals surface area (Å²) in [6.45, 7) is 8.26. The maximum atomic E-state index is 3.45. The first-order valence-corrected chi connectivity index (χ1v) is 7.64. The van der Waals surface area contributed by atoms with Crippen molar-refractivity contribution in [2.24, 2.45) is 11.8 Å². The lowest BCUT2D eigenvalue weighted by molar-refractivity contribution is 0.152. The molecule has 1 N–H and O–H groups in total. The van der Waals surface area contributed by atoms with Gasteiger partial charge in [0.2, 0.25) is 0 Å².